The van der Waals surface area contributed by atoms with Gasteiger partial charge in [-0.05, 0) is 55.7 Å². The zero-order valence-corrected chi connectivity index (χ0v) is 13.3. The number of ether oxygens (including phenoxy) is 1. The Kier molecular flexibility index (Phi) is 4.81. The molecule has 0 unspecified atom stereocenters. The number of hydrogen-bond acceptors (Lipinski definition) is 4. The maximum atomic E-state index is 11.6. The van der Waals surface area contributed by atoms with E-state index in [1.54, 1.807) is 12.1 Å². The zero-order valence-electron chi connectivity index (χ0n) is 13.3. The summed E-state index contributed by atoms with van der Waals surface area (Å²) < 4.78 is 4.99. The minimum atomic E-state index is -0.274. The van der Waals surface area contributed by atoms with Crippen LogP contribution in [0.25, 0.3) is 0 Å². The SMILES string of the molecule is CCOC(=O)c1ccc(NC[C@H]2CCc3ccccc3N2)cc1. The van der Waals surface area contributed by atoms with Crippen LogP contribution in [0.3, 0.4) is 0 Å². The summed E-state index contributed by atoms with van der Waals surface area (Å²) in [4.78, 5) is 11.6. The number of esters is 1. The molecule has 2 aromatic carbocycles. The van der Waals surface area contributed by atoms with Gasteiger partial charge in [-0.15, -0.1) is 0 Å². The Hall–Kier alpha value is -2.49. The van der Waals surface area contributed by atoms with Gasteiger partial charge >= 0.3 is 5.97 Å². The van der Waals surface area contributed by atoms with E-state index in [0.29, 0.717) is 18.2 Å². The maximum absolute atomic E-state index is 11.6. The first-order valence-corrected chi connectivity index (χ1v) is 8.12. The molecule has 0 aromatic heterocycles. The average molecular weight is 310 g/mol. The lowest BCUT2D eigenvalue weighted by Gasteiger charge is -2.27. The minimum Gasteiger partial charge on any atom is -0.462 e. The van der Waals surface area contributed by atoms with Gasteiger partial charge in [0.15, 0.2) is 0 Å². The van der Waals surface area contributed by atoms with E-state index in [1.165, 1.54) is 11.3 Å². The van der Waals surface area contributed by atoms with Crippen molar-refractivity contribution in [1.82, 2.24) is 0 Å². The third-order valence-electron chi connectivity index (χ3n) is 4.09. The third-order valence-corrected chi connectivity index (χ3v) is 4.09. The Balaban J connectivity index is 1.54. The van der Waals surface area contributed by atoms with Crippen molar-refractivity contribution in [3.05, 3.63) is 59.7 Å². The van der Waals surface area contributed by atoms with Gasteiger partial charge in [-0.1, -0.05) is 18.2 Å². The van der Waals surface area contributed by atoms with Crippen LogP contribution >= 0.6 is 0 Å². The van der Waals surface area contributed by atoms with Crippen LogP contribution in [0.4, 0.5) is 11.4 Å². The quantitative estimate of drug-likeness (QED) is 0.827. The molecule has 120 valence electrons. The fourth-order valence-corrected chi connectivity index (χ4v) is 2.83. The van der Waals surface area contributed by atoms with Crippen molar-refractivity contribution in [2.24, 2.45) is 0 Å². The van der Waals surface area contributed by atoms with E-state index in [0.717, 1.165) is 25.1 Å². The Bertz CT molecular complexity index is 667. The molecule has 0 bridgehead atoms. The number of carbonyl (C=O) groups is 1. The van der Waals surface area contributed by atoms with Gasteiger partial charge in [0, 0.05) is 24.0 Å². The topological polar surface area (TPSA) is 50.4 Å². The Morgan fingerprint density at radius 3 is 2.78 bits per heavy atom. The molecule has 4 nitrogen and oxygen atoms in total. The van der Waals surface area contributed by atoms with Gasteiger partial charge in [-0.25, -0.2) is 4.79 Å². The summed E-state index contributed by atoms with van der Waals surface area (Å²) in [6.45, 7) is 3.06. The number of aryl methyl sites for hydroxylation is 1. The van der Waals surface area contributed by atoms with Gasteiger partial charge < -0.3 is 15.4 Å². The fourth-order valence-electron chi connectivity index (χ4n) is 2.83. The number of nitrogens with one attached hydrogen (secondary N) is 2. The Labute approximate surface area is 136 Å². The van der Waals surface area contributed by atoms with Crippen molar-refractivity contribution in [3.63, 3.8) is 0 Å². The molecule has 4 heteroatoms. The highest BCUT2D eigenvalue weighted by molar-refractivity contribution is 5.89. The highest BCUT2D eigenvalue weighted by Crippen LogP contribution is 2.24. The fraction of sp³-hybridized carbons (Fsp3) is 0.316. The summed E-state index contributed by atoms with van der Waals surface area (Å²) in [6.07, 6.45) is 2.22. The van der Waals surface area contributed by atoms with Gasteiger partial charge in [-0.3, -0.25) is 0 Å². The second kappa shape index (κ2) is 7.18. The monoisotopic (exact) mass is 310 g/mol. The second-order valence-electron chi connectivity index (χ2n) is 5.72. The predicted molar refractivity (Wildman–Crippen MR) is 93.1 cm³/mol. The van der Waals surface area contributed by atoms with Crippen LogP contribution in [-0.2, 0) is 11.2 Å². The highest BCUT2D eigenvalue weighted by atomic mass is 16.5. The van der Waals surface area contributed by atoms with Crippen molar-refractivity contribution in [2.45, 2.75) is 25.8 Å². The van der Waals surface area contributed by atoms with Crippen molar-refractivity contribution < 1.29 is 9.53 Å². The molecule has 0 spiro atoms. The lowest BCUT2D eigenvalue weighted by molar-refractivity contribution is 0.0526. The number of anilines is 2. The van der Waals surface area contributed by atoms with Crippen molar-refractivity contribution >= 4 is 17.3 Å². The van der Waals surface area contributed by atoms with Gasteiger partial charge in [0.25, 0.3) is 0 Å². The molecule has 0 saturated carbocycles. The molecule has 0 saturated heterocycles. The smallest absolute Gasteiger partial charge is 0.338 e. The average Bonchev–Trinajstić information content (AvgIpc) is 2.60. The molecule has 0 fully saturated rings. The van der Waals surface area contributed by atoms with Gasteiger partial charge in [0.1, 0.15) is 0 Å². The standard InChI is InChI=1S/C19H22N2O2/c1-2-23-19(22)15-8-10-16(11-9-15)20-13-17-12-7-14-5-3-4-6-18(14)21-17/h3-6,8-11,17,20-21H,2,7,12-13H2,1H3/t17-/m1/s1. The van der Waals surface area contributed by atoms with Gasteiger partial charge in [0.2, 0.25) is 0 Å². The highest BCUT2D eigenvalue weighted by Gasteiger charge is 2.16. The number of benzene rings is 2. The molecule has 1 aliphatic heterocycles. The minimum absolute atomic E-state index is 0.274. The maximum Gasteiger partial charge on any atom is 0.338 e. The van der Waals surface area contributed by atoms with E-state index >= 15 is 0 Å². The molecule has 0 amide bonds. The van der Waals surface area contributed by atoms with E-state index < -0.39 is 0 Å². The Morgan fingerprint density at radius 2 is 2.00 bits per heavy atom. The van der Waals surface area contributed by atoms with E-state index in [1.807, 2.05) is 19.1 Å². The summed E-state index contributed by atoms with van der Waals surface area (Å²) in [6, 6.07) is 16.3. The zero-order chi connectivity index (χ0) is 16.1. The van der Waals surface area contributed by atoms with E-state index in [4.69, 9.17) is 4.74 Å². The first-order valence-electron chi connectivity index (χ1n) is 8.12. The molecule has 1 aliphatic rings. The van der Waals surface area contributed by atoms with E-state index in [-0.39, 0.29) is 5.97 Å². The summed E-state index contributed by atoms with van der Waals surface area (Å²) in [5.74, 6) is -0.274. The molecule has 0 radical (unpaired) electrons. The number of hydrogen-bond donors (Lipinski definition) is 2. The van der Waals surface area contributed by atoms with Gasteiger partial charge in [-0.2, -0.15) is 0 Å². The van der Waals surface area contributed by atoms with Crippen LogP contribution in [0.15, 0.2) is 48.5 Å². The molecule has 1 atom stereocenters. The molecular weight excluding hydrogens is 288 g/mol. The lowest BCUT2D eigenvalue weighted by atomic mass is 9.98. The Morgan fingerprint density at radius 1 is 1.22 bits per heavy atom. The molecule has 23 heavy (non-hydrogen) atoms. The second-order valence-corrected chi connectivity index (χ2v) is 5.72. The van der Waals surface area contributed by atoms with E-state index in [2.05, 4.69) is 34.9 Å². The number of para-hydroxylation sites is 1. The van der Waals surface area contributed by atoms with Crippen LogP contribution in [0.5, 0.6) is 0 Å². The van der Waals surface area contributed by atoms with Crippen molar-refractivity contribution in [1.29, 1.82) is 0 Å². The predicted octanol–water partition coefficient (Wildman–Crippen LogP) is 3.70. The van der Waals surface area contributed by atoms with Crippen molar-refractivity contribution in [3.8, 4) is 0 Å². The summed E-state index contributed by atoms with van der Waals surface area (Å²) in [5.41, 5.74) is 4.23. The molecular formula is C19H22N2O2. The number of rotatable bonds is 5. The molecule has 2 aromatic rings. The normalized spacial score (nSPS) is 16.1. The van der Waals surface area contributed by atoms with E-state index in [9.17, 15) is 4.79 Å². The van der Waals surface area contributed by atoms with Crippen LogP contribution < -0.4 is 10.6 Å². The van der Waals surface area contributed by atoms with Crippen molar-refractivity contribution in [2.75, 3.05) is 23.8 Å². The molecule has 0 aliphatic carbocycles. The first-order chi connectivity index (χ1) is 11.3. The molecule has 1 heterocycles. The molecule has 3 rings (SSSR count). The number of fused-ring (bicyclic) bond motifs is 1. The first kappa shape index (κ1) is 15.4. The van der Waals surface area contributed by atoms with Gasteiger partial charge in [0.05, 0.1) is 12.2 Å². The van der Waals surface area contributed by atoms with Crippen LogP contribution in [0.1, 0.15) is 29.3 Å². The largest absolute Gasteiger partial charge is 0.462 e. The van der Waals surface area contributed by atoms with Crippen LogP contribution in [-0.4, -0.2) is 25.2 Å². The van der Waals surface area contributed by atoms with Crippen LogP contribution in [0.2, 0.25) is 0 Å². The van der Waals surface area contributed by atoms with Crippen LogP contribution in [0, 0.1) is 0 Å². The third kappa shape index (κ3) is 3.83. The summed E-state index contributed by atoms with van der Waals surface area (Å²) in [7, 11) is 0. The number of carbonyl (C=O) groups excluding carboxylic acids is 1. The molecule has 2 N–H and O–H groups in total. The lowest BCUT2D eigenvalue weighted by Crippen LogP contribution is -2.32. The summed E-state index contributed by atoms with van der Waals surface area (Å²) >= 11 is 0. The summed E-state index contributed by atoms with van der Waals surface area (Å²) in [5, 5.41) is 7.01.